The molecule has 8 unspecified atom stereocenters. The molecule has 0 aromatic carbocycles. The highest BCUT2D eigenvalue weighted by Crippen LogP contribution is 2.41. The number of hydrogen-bond acceptors (Lipinski definition) is 5. The minimum Gasteiger partial charge on any atom is -0.356 e. The van der Waals surface area contributed by atoms with Gasteiger partial charge in [0.15, 0.2) is 5.96 Å². The van der Waals surface area contributed by atoms with Gasteiger partial charge in [-0.2, -0.15) is 0 Å². The Labute approximate surface area is 197 Å². The Balaban J connectivity index is 1.35. The van der Waals surface area contributed by atoms with Crippen LogP contribution in [0, 0.1) is 35.5 Å². The largest absolute Gasteiger partial charge is 0.356 e. The quantitative estimate of drug-likeness (QED) is 0.451. The molecule has 8 atom stereocenters. The van der Waals surface area contributed by atoms with Crippen LogP contribution >= 0.6 is 11.6 Å². The van der Waals surface area contributed by atoms with Crippen LogP contribution in [0.5, 0.6) is 0 Å². The van der Waals surface area contributed by atoms with E-state index in [1.165, 1.54) is 12.8 Å². The van der Waals surface area contributed by atoms with Crippen molar-refractivity contribution >= 4 is 23.5 Å². The summed E-state index contributed by atoms with van der Waals surface area (Å²) in [6.45, 7) is 7.68. The van der Waals surface area contributed by atoms with Crippen LogP contribution in [0.1, 0.15) is 51.9 Å². The Morgan fingerprint density at radius 3 is 2.72 bits per heavy atom. The van der Waals surface area contributed by atoms with Crippen molar-refractivity contribution in [3.05, 3.63) is 0 Å². The lowest BCUT2D eigenvalue weighted by Gasteiger charge is -2.42. The summed E-state index contributed by atoms with van der Waals surface area (Å²) >= 11 is 6.22. The van der Waals surface area contributed by atoms with Crippen molar-refractivity contribution in [2.75, 3.05) is 39.3 Å². The molecule has 32 heavy (non-hydrogen) atoms. The third kappa shape index (κ3) is 6.49. The summed E-state index contributed by atoms with van der Waals surface area (Å²) in [5.41, 5.74) is 0. The normalized spacial score (nSPS) is 40.3. The van der Waals surface area contributed by atoms with E-state index in [0.717, 1.165) is 57.9 Å². The van der Waals surface area contributed by atoms with Gasteiger partial charge in [-0.05, 0) is 87.6 Å². The van der Waals surface area contributed by atoms with Crippen LogP contribution < -0.4 is 21.3 Å². The minimum absolute atomic E-state index is 0.0321. The number of guanidine groups is 1. The molecule has 4 N–H and O–H groups in total. The first-order valence-corrected chi connectivity index (χ1v) is 13.2. The van der Waals surface area contributed by atoms with Gasteiger partial charge in [-0.25, -0.2) is 4.39 Å². The molecule has 1 amide bonds. The summed E-state index contributed by atoms with van der Waals surface area (Å²) in [7, 11) is 0. The van der Waals surface area contributed by atoms with Crippen LogP contribution in [-0.2, 0) is 4.79 Å². The molecule has 2 heterocycles. The van der Waals surface area contributed by atoms with Crippen LogP contribution in [0.2, 0.25) is 0 Å². The van der Waals surface area contributed by atoms with Gasteiger partial charge in [0.25, 0.3) is 0 Å². The van der Waals surface area contributed by atoms with E-state index in [9.17, 15) is 9.18 Å². The fraction of sp³-hybridized carbons (Fsp3) is 0.917. The smallest absolute Gasteiger partial charge is 0.223 e. The van der Waals surface area contributed by atoms with Crippen molar-refractivity contribution in [2.24, 2.45) is 40.5 Å². The van der Waals surface area contributed by atoms with Gasteiger partial charge in [0, 0.05) is 30.9 Å². The predicted octanol–water partition coefficient (Wildman–Crippen LogP) is 2.68. The van der Waals surface area contributed by atoms with Gasteiger partial charge in [0.2, 0.25) is 5.91 Å². The van der Waals surface area contributed by atoms with Gasteiger partial charge >= 0.3 is 0 Å². The molecule has 0 bridgehead atoms. The second-order valence-corrected chi connectivity index (χ2v) is 11.3. The molecule has 2 saturated carbocycles. The van der Waals surface area contributed by atoms with Crippen LogP contribution in [-0.4, -0.2) is 62.7 Å². The maximum Gasteiger partial charge on any atom is 0.223 e. The lowest BCUT2D eigenvalue weighted by Crippen LogP contribution is -2.47. The topological polar surface area (TPSA) is 77.6 Å². The second kappa shape index (κ2) is 11.4. The summed E-state index contributed by atoms with van der Waals surface area (Å²) in [5.74, 6) is 3.58. The average molecular weight is 470 g/mol. The summed E-state index contributed by atoms with van der Waals surface area (Å²) in [5, 5.41) is 13.4. The Morgan fingerprint density at radius 2 is 1.97 bits per heavy atom. The first-order chi connectivity index (χ1) is 15.5. The lowest BCUT2D eigenvalue weighted by molar-refractivity contribution is -0.127. The predicted molar refractivity (Wildman–Crippen MR) is 128 cm³/mol. The zero-order valence-corrected chi connectivity index (χ0v) is 20.2. The lowest BCUT2D eigenvalue weighted by atomic mass is 9.66. The molecule has 6 nitrogen and oxygen atoms in total. The number of nitrogens with zero attached hydrogens (tertiary/aromatic N) is 1. The van der Waals surface area contributed by atoms with Crippen molar-refractivity contribution < 1.29 is 9.18 Å². The number of rotatable bonds is 6. The molecule has 8 heteroatoms. The molecule has 0 spiro atoms. The van der Waals surface area contributed by atoms with Gasteiger partial charge in [-0.1, -0.05) is 6.92 Å². The van der Waals surface area contributed by atoms with E-state index in [1.807, 2.05) is 0 Å². The van der Waals surface area contributed by atoms with Crippen molar-refractivity contribution in [1.82, 2.24) is 21.3 Å². The SMILES string of the molecule is CC1CCNCC1C1CC(CNC2=NCCN2)CC(C(=O)NCC2CC(F)CC(Cl)C2)C1. The number of hydrogen-bond donors (Lipinski definition) is 4. The standard InChI is InChI=1S/C24H41ClFN5O/c1-15-2-3-27-14-22(15)18-6-16(13-31-24-28-4-5-29-24)7-19(10-18)23(32)30-12-17-8-20(25)11-21(26)9-17/h15-22,27H,2-14H2,1H3,(H,30,32)(H2,28,29,31). The summed E-state index contributed by atoms with van der Waals surface area (Å²) < 4.78 is 13.9. The maximum atomic E-state index is 13.9. The molecule has 1 saturated heterocycles. The first-order valence-electron chi connectivity index (χ1n) is 12.8. The van der Waals surface area contributed by atoms with E-state index in [-0.39, 0.29) is 23.1 Å². The third-order valence-corrected chi connectivity index (χ3v) is 8.55. The molecule has 2 aliphatic heterocycles. The Bertz CT molecular complexity index is 654. The van der Waals surface area contributed by atoms with Crippen LogP contribution in [0.15, 0.2) is 4.99 Å². The molecule has 0 radical (unpaired) electrons. The molecular weight excluding hydrogens is 429 g/mol. The minimum atomic E-state index is -0.838. The number of amides is 1. The first kappa shape index (κ1) is 24.1. The van der Waals surface area contributed by atoms with Crippen molar-refractivity contribution in [2.45, 2.75) is 63.4 Å². The fourth-order valence-electron chi connectivity index (χ4n) is 6.46. The highest BCUT2D eigenvalue weighted by Gasteiger charge is 2.39. The van der Waals surface area contributed by atoms with Gasteiger partial charge in [0.1, 0.15) is 6.17 Å². The monoisotopic (exact) mass is 469 g/mol. The van der Waals surface area contributed by atoms with Gasteiger partial charge in [-0.3, -0.25) is 9.79 Å². The molecule has 182 valence electrons. The van der Waals surface area contributed by atoms with Crippen LogP contribution in [0.25, 0.3) is 0 Å². The van der Waals surface area contributed by atoms with Gasteiger partial charge in [-0.15, -0.1) is 11.6 Å². The number of alkyl halides is 2. The Hall–Kier alpha value is -1.08. The molecule has 4 rings (SSSR count). The van der Waals surface area contributed by atoms with Crippen LogP contribution in [0.4, 0.5) is 4.39 Å². The Morgan fingerprint density at radius 1 is 1.12 bits per heavy atom. The fourth-order valence-corrected chi connectivity index (χ4v) is 6.91. The summed E-state index contributed by atoms with van der Waals surface area (Å²) in [4.78, 5) is 17.7. The van der Waals surface area contributed by atoms with Gasteiger partial charge < -0.3 is 21.3 Å². The Kier molecular flexibility index (Phi) is 8.55. The van der Waals surface area contributed by atoms with E-state index >= 15 is 0 Å². The number of aliphatic imine (C=N–C) groups is 1. The highest BCUT2D eigenvalue weighted by atomic mass is 35.5. The number of nitrogens with one attached hydrogen (secondary N) is 4. The average Bonchev–Trinajstić information content (AvgIpc) is 3.29. The molecule has 4 aliphatic rings. The maximum absolute atomic E-state index is 13.9. The summed E-state index contributed by atoms with van der Waals surface area (Å²) in [6.07, 6.45) is 5.17. The van der Waals surface area contributed by atoms with Crippen molar-refractivity contribution in [3.8, 4) is 0 Å². The molecule has 0 aromatic rings. The van der Waals surface area contributed by atoms with Crippen molar-refractivity contribution in [3.63, 3.8) is 0 Å². The van der Waals surface area contributed by atoms with E-state index in [0.29, 0.717) is 43.1 Å². The van der Waals surface area contributed by atoms with E-state index < -0.39 is 6.17 Å². The molecule has 2 aliphatic carbocycles. The molecular formula is C24H41ClFN5O. The second-order valence-electron chi connectivity index (χ2n) is 10.7. The van der Waals surface area contributed by atoms with E-state index in [2.05, 4.69) is 33.2 Å². The van der Waals surface area contributed by atoms with E-state index in [4.69, 9.17) is 11.6 Å². The number of carbonyl (C=O) groups excluding carboxylic acids is 1. The summed E-state index contributed by atoms with van der Waals surface area (Å²) in [6, 6.07) is 0. The molecule has 3 fully saturated rings. The van der Waals surface area contributed by atoms with E-state index in [1.54, 1.807) is 0 Å². The zero-order chi connectivity index (χ0) is 22.5. The zero-order valence-electron chi connectivity index (χ0n) is 19.4. The number of carbonyl (C=O) groups is 1. The molecule has 0 aromatic heterocycles. The van der Waals surface area contributed by atoms with Crippen molar-refractivity contribution in [1.29, 1.82) is 0 Å². The highest BCUT2D eigenvalue weighted by molar-refractivity contribution is 6.20. The van der Waals surface area contributed by atoms with Crippen LogP contribution in [0.3, 0.4) is 0 Å². The number of halogens is 2. The van der Waals surface area contributed by atoms with Gasteiger partial charge in [0.05, 0.1) is 6.54 Å². The third-order valence-electron chi connectivity index (χ3n) is 8.19. The number of piperidine rings is 1.